The SMILES string of the molecule is CC1(C(=O)c2nc3n(n2)[C@H](c2ccccc2)C[C@@H]3F)CCOC1. The number of carbonyl (C=O) groups excluding carboxylic acids is 1. The van der Waals surface area contributed by atoms with Crippen LogP contribution in [-0.2, 0) is 4.74 Å². The topological polar surface area (TPSA) is 57.0 Å². The van der Waals surface area contributed by atoms with E-state index in [1.54, 1.807) is 4.68 Å². The van der Waals surface area contributed by atoms with E-state index in [9.17, 15) is 9.18 Å². The second kappa shape index (κ2) is 5.23. The molecule has 2 aromatic rings. The quantitative estimate of drug-likeness (QED) is 0.817. The van der Waals surface area contributed by atoms with Gasteiger partial charge in [0.15, 0.2) is 12.0 Å². The maximum atomic E-state index is 14.3. The molecule has 23 heavy (non-hydrogen) atoms. The zero-order valence-electron chi connectivity index (χ0n) is 12.9. The van der Waals surface area contributed by atoms with Gasteiger partial charge in [-0.2, -0.15) is 0 Å². The summed E-state index contributed by atoms with van der Waals surface area (Å²) in [7, 11) is 0. The molecule has 1 aromatic heterocycles. The molecule has 1 fully saturated rings. The Bertz CT molecular complexity index is 738. The molecule has 1 saturated heterocycles. The predicted octanol–water partition coefficient (Wildman–Crippen LogP) is 2.89. The van der Waals surface area contributed by atoms with Gasteiger partial charge < -0.3 is 4.74 Å². The molecule has 3 atom stereocenters. The maximum Gasteiger partial charge on any atom is 0.218 e. The molecule has 6 heteroatoms. The van der Waals surface area contributed by atoms with Gasteiger partial charge in [0, 0.05) is 13.0 Å². The van der Waals surface area contributed by atoms with Crippen molar-refractivity contribution in [2.75, 3.05) is 13.2 Å². The van der Waals surface area contributed by atoms with E-state index in [0.29, 0.717) is 26.1 Å². The Labute approximate surface area is 133 Å². The van der Waals surface area contributed by atoms with Crippen LogP contribution in [0.5, 0.6) is 0 Å². The summed E-state index contributed by atoms with van der Waals surface area (Å²) in [5.41, 5.74) is 0.379. The number of hydrogen-bond acceptors (Lipinski definition) is 4. The molecule has 3 heterocycles. The second-order valence-electron chi connectivity index (χ2n) is 6.56. The summed E-state index contributed by atoms with van der Waals surface area (Å²) in [6.45, 7) is 2.79. The van der Waals surface area contributed by atoms with Crippen LogP contribution in [0.4, 0.5) is 4.39 Å². The average Bonchev–Trinajstić information content (AvgIpc) is 3.25. The number of nitrogens with zero attached hydrogens (tertiary/aromatic N) is 3. The lowest BCUT2D eigenvalue weighted by Crippen LogP contribution is -2.29. The molecule has 2 aliphatic heterocycles. The molecule has 1 aromatic carbocycles. The normalized spacial score (nSPS) is 29.7. The minimum absolute atomic E-state index is 0.108. The number of rotatable bonds is 3. The van der Waals surface area contributed by atoms with Crippen LogP contribution in [0.15, 0.2) is 30.3 Å². The molecular weight excluding hydrogens is 297 g/mol. The number of benzene rings is 1. The molecule has 0 N–H and O–H groups in total. The van der Waals surface area contributed by atoms with Crippen LogP contribution in [0.3, 0.4) is 0 Å². The molecule has 0 spiro atoms. The molecule has 2 aliphatic rings. The van der Waals surface area contributed by atoms with Gasteiger partial charge in [-0.1, -0.05) is 30.3 Å². The van der Waals surface area contributed by atoms with E-state index < -0.39 is 11.6 Å². The largest absolute Gasteiger partial charge is 0.380 e. The van der Waals surface area contributed by atoms with Crippen molar-refractivity contribution >= 4 is 5.78 Å². The lowest BCUT2D eigenvalue weighted by Gasteiger charge is -2.17. The zero-order chi connectivity index (χ0) is 16.0. The smallest absolute Gasteiger partial charge is 0.218 e. The Morgan fingerprint density at radius 1 is 1.39 bits per heavy atom. The van der Waals surface area contributed by atoms with E-state index in [2.05, 4.69) is 10.1 Å². The number of fused-ring (bicyclic) bond motifs is 1. The minimum Gasteiger partial charge on any atom is -0.380 e. The molecular formula is C17H18FN3O2. The van der Waals surface area contributed by atoms with Crippen molar-refractivity contribution in [2.24, 2.45) is 5.41 Å². The van der Waals surface area contributed by atoms with Crippen molar-refractivity contribution in [1.82, 2.24) is 14.8 Å². The lowest BCUT2D eigenvalue weighted by molar-refractivity contribution is 0.0766. The van der Waals surface area contributed by atoms with Crippen molar-refractivity contribution in [3.63, 3.8) is 0 Å². The van der Waals surface area contributed by atoms with Crippen molar-refractivity contribution in [3.8, 4) is 0 Å². The van der Waals surface area contributed by atoms with Gasteiger partial charge in [0.25, 0.3) is 0 Å². The summed E-state index contributed by atoms with van der Waals surface area (Å²) in [5, 5.41) is 4.35. The Kier molecular flexibility index (Phi) is 3.30. The number of halogens is 1. The van der Waals surface area contributed by atoms with Crippen LogP contribution in [0.25, 0.3) is 0 Å². The molecule has 120 valence electrons. The van der Waals surface area contributed by atoms with E-state index in [0.717, 1.165) is 5.56 Å². The van der Waals surface area contributed by atoms with E-state index in [4.69, 9.17) is 4.74 Å². The molecule has 0 radical (unpaired) electrons. The molecule has 0 saturated carbocycles. The zero-order valence-corrected chi connectivity index (χ0v) is 12.9. The number of carbonyl (C=O) groups is 1. The highest BCUT2D eigenvalue weighted by Gasteiger charge is 2.42. The molecule has 0 aliphatic carbocycles. The fourth-order valence-electron chi connectivity index (χ4n) is 3.34. The first-order valence-corrected chi connectivity index (χ1v) is 7.86. The van der Waals surface area contributed by atoms with Gasteiger partial charge in [-0.05, 0) is 18.9 Å². The monoisotopic (exact) mass is 315 g/mol. The van der Waals surface area contributed by atoms with Gasteiger partial charge in [0.05, 0.1) is 18.1 Å². The highest BCUT2D eigenvalue weighted by Crippen LogP contribution is 2.40. The van der Waals surface area contributed by atoms with E-state index in [1.807, 2.05) is 37.3 Å². The standard InChI is InChI=1S/C17H18FN3O2/c1-17(7-8-23-10-17)14(22)15-19-16-12(18)9-13(21(16)20-15)11-5-3-2-4-6-11/h2-6,12-13H,7-10H2,1H3/t12-,13-,17?/m0/s1. The molecule has 0 amide bonds. The summed E-state index contributed by atoms with van der Waals surface area (Å²) in [4.78, 5) is 16.9. The van der Waals surface area contributed by atoms with E-state index in [-0.39, 0.29) is 23.5 Å². The fraction of sp³-hybridized carbons (Fsp3) is 0.471. The van der Waals surface area contributed by atoms with Crippen LogP contribution in [0, 0.1) is 5.41 Å². The van der Waals surface area contributed by atoms with Gasteiger partial charge in [-0.3, -0.25) is 4.79 Å². The van der Waals surface area contributed by atoms with Crippen LogP contribution in [0.2, 0.25) is 0 Å². The van der Waals surface area contributed by atoms with Gasteiger partial charge in [0.1, 0.15) is 0 Å². The number of ether oxygens (including phenoxy) is 1. The van der Waals surface area contributed by atoms with Gasteiger partial charge in [0.2, 0.25) is 11.6 Å². The van der Waals surface area contributed by atoms with Crippen molar-refractivity contribution in [2.45, 2.75) is 32.0 Å². The van der Waals surface area contributed by atoms with Crippen molar-refractivity contribution in [3.05, 3.63) is 47.5 Å². The Hall–Kier alpha value is -2.08. The van der Waals surface area contributed by atoms with E-state index >= 15 is 0 Å². The first-order chi connectivity index (χ1) is 11.1. The number of alkyl halides is 1. The molecule has 5 nitrogen and oxygen atoms in total. The Morgan fingerprint density at radius 3 is 2.87 bits per heavy atom. The van der Waals surface area contributed by atoms with Crippen LogP contribution in [-0.4, -0.2) is 33.8 Å². The highest BCUT2D eigenvalue weighted by atomic mass is 19.1. The Morgan fingerprint density at radius 2 is 2.17 bits per heavy atom. The first-order valence-electron chi connectivity index (χ1n) is 7.86. The highest BCUT2D eigenvalue weighted by molar-refractivity contribution is 5.97. The number of aromatic nitrogens is 3. The van der Waals surface area contributed by atoms with Crippen LogP contribution < -0.4 is 0 Å². The maximum absolute atomic E-state index is 14.3. The Balaban J connectivity index is 1.69. The third-order valence-electron chi connectivity index (χ3n) is 4.82. The lowest BCUT2D eigenvalue weighted by atomic mass is 9.85. The van der Waals surface area contributed by atoms with Crippen LogP contribution in [0.1, 0.15) is 54.0 Å². The number of hydrogen-bond donors (Lipinski definition) is 0. The summed E-state index contributed by atoms with van der Waals surface area (Å²) in [6.07, 6.45) is -0.229. The van der Waals surface area contributed by atoms with Crippen molar-refractivity contribution < 1.29 is 13.9 Å². The molecule has 1 unspecified atom stereocenters. The predicted molar refractivity (Wildman–Crippen MR) is 80.9 cm³/mol. The average molecular weight is 315 g/mol. The van der Waals surface area contributed by atoms with Gasteiger partial charge in [-0.15, -0.1) is 5.10 Å². The van der Waals surface area contributed by atoms with Gasteiger partial charge in [-0.25, -0.2) is 14.1 Å². The molecule has 4 rings (SSSR count). The van der Waals surface area contributed by atoms with Crippen LogP contribution >= 0.6 is 0 Å². The van der Waals surface area contributed by atoms with Gasteiger partial charge >= 0.3 is 0 Å². The third kappa shape index (κ3) is 2.28. The summed E-state index contributed by atoms with van der Waals surface area (Å²) in [5.74, 6) is 0.205. The summed E-state index contributed by atoms with van der Waals surface area (Å²) >= 11 is 0. The minimum atomic E-state index is -1.19. The fourth-order valence-corrected chi connectivity index (χ4v) is 3.34. The third-order valence-corrected chi connectivity index (χ3v) is 4.82. The molecule has 0 bridgehead atoms. The number of ketones is 1. The van der Waals surface area contributed by atoms with Crippen molar-refractivity contribution in [1.29, 1.82) is 0 Å². The summed E-state index contributed by atoms with van der Waals surface area (Å²) < 4.78 is 21.3. The second-order valence-corrected chi connectivity index (χ2v) is 6.56. The number of Topliss-reactive ketones (excluding diaryl/α,β-unsaturated/α-hetero) is 1. The summed E-state index contributed by atoms with van der Waals surface area (Å²) in [6, 6.07) is 9.44. The van der Waals surface area contributed by atoms with E-state index in [1.165, 1.54) is 0 Å². The first kappa shape index (κ1) is 14.5.